The quantitative estimate of drug-likeness (QED) is 0.315. The maximum absolute atomic E-state index is 12.9. The lowest BCUT2D eigenvalue weighted by Crippen LogP contribution is -2.35. The van der Waals surface area contributed by atoms with Crippen molar-refractivity contribution in [1.29, 1.82) is 0 Å². The van der Waals surface area contributed by atoms with Gasteiger partial charge in [-0.3, -0.25) is 9.59 Å². The van der Waals surface area contributed by atoms with Gasteiger partial charge in [0.1, 0.15) is 18.1 Å². The molecule has 2 aromatic carbocycles. The predicted octanol–water partition coefficient (Wildman–Crippen LogP) is 3.23. The van der Waals surface area contributed by atoms with Gasteiger partial charge in [-0.15, -0.1) is 0 Å². The van der Waals surface area contributed by atoms with Gasteiger partial charge < -0.3 is 19.6 Å². The number of benzene rings is 2. The first-order valence-electron chi connectivity index (χ1n) is 9.76. The molecule has 0 bridgehead atoms. The van der Waals surface area contributed by atoms with E-state index in [1.165, 1.54) is 4.90 Å². The topological polar surface area (TPSA) is 70.1 Å². The normalized spacial score (nSPS) is 18.1. The van der Waals surface area contributed by atoms with E-state index in [4.69, 9.17) is 4.74 Å². The van der Waals surface area contributed by atoms with Gasteiger partial charge in [0.2, 0.25) is 0 Å². The van der Waals surface area contributed by atoms with Crippen LogP contribution in [-0.2, 0) is 9.59 Å². The number of hydrogen-bond acceptors (Lipinski definition) is 5. The molecule has 2 aromatic rings. The van der Waals surface area contributed by atoms with Crippen molar-refractivity contribution in [3.05, 3.63) is 84.0 Å². The number of carbonyl (C=O) groups excluding carboxylic acids is 2. The minimum absolute atomic E-state index is 0.102. The molecule has 30 heavy (non-hydrogen) atoms. The highest BCUT2D eigenvalue weighted by molar-refractivity contribution is 6.46. The lowest BCUT2D eigenvalue weighted by molar-refractivity contribution is -0.140. The highest BCUT2D eigenvalue weighted by atomic mass is 16.5. The molecule has 1 N–H and O–H groups in total. The van der Waals surface area contributed by atoms with Gasteiger partial charge in [0.25, 0.3) is 11.7 Å². The fraction of sp³-hybridized carbons (Fsp3) is 0.250. The average Bonchev–Trinajstić information content (AvgIpc) is 3.01. The van der Waals surface area contributed by atoms with Crippen LogP contribution in [0.1, 0.15) is 17.2 Å². The van der Waals surface area contributed by atoms with E-state index < -0.39 is 17.7 Å². The summed E-state index contributed by atoms with van der Waals surface area (Å²) < 4.78 is 5.47. The Balaban J connectivity index is 2.03. The van der Waals surface area contributed by atoms with Crippen molar-refractivity contribution in [1.82, 2.24) is 9.80 Å². The summed E-state index contributed by atoms with van der Waals surface area (Å²) in [5.74, 6) is -0.840. The zero-order chi connectivity index (χ0) is 21.7. The van der Waals surface area contributed by atoms with Crippen LogP contribution in [0.2, 0.25) is 0 Å². The summed E-state index contributed by atoms with van der Waals surface area (Å²) in [5.41, 5.74) is 1.33. The number of ether oxygens (including phenoxy) is 1. The second-order valence-electron chi connectivity index (χ2n) is 7.33. The summed E-state index contributed by atoms with van der Waals surface area (Å²) >= 11 is 0. The molecule has 0 aliphatic carbocycles. The number of ketones is 1. The van der Waals surface area contributed by atoms with Gasteiger partial charge in [0.05, 0.1) is 11.6 Å². The van der Waals surface area contributed by atoms with Crippen LogP contribution in [0, 0.1) is 0 Å². The Kier molecular flexibility index (Phi) is 6.69. The monoisotopic (exact) mass is 406 g/mol. The Labute approximate surface area is 176 Å². The maximum Gasteiger partial charge on any atom is 0.295 e. The molecule has 1 heterocycles. The van der Waals surface area contributed by atoms with Crippen LogP contribution in [0.4, 0.5) is 0 Å². The van der Waals surface area contributed by atoms with Crippen LogP contribution in [0.5, 0.6) is 5.75 Å². The number of rotatable bonds is 8. The fourth-order valence-corrected chi connectivity index (χ4v) is 3.42. The van der Waals surface area contributed by atoms with Crippen molar-refractivity contribution in [2.75, 3.05) is 33.8 Å². The van der Waals surface area contributed by atoms with Crippen LogP contribution < -0.4 is 4.74 Å². The number of nitrogens with zero attached hydrogens (tertiary/aromatic N) is 2. The van der Waals surface area contributed by atoms with Gasteiger partial charge in [-0.1, -0.05) is 43.0 Å². The third-order valence-corrected chi connectivity index (χ3v) is 4.94. The molecule has 1 amide bonds. The Morgan fingerprint density at radius 3 is 2.40 bits per heavy atom. The van der Waals surface area contributed by atoms with Crippen LogP contribution in [0.25, 0.3) is 5.76 Å². The molecule has 1 saturated heterocycles. The average molecular weight is 406 g/mol. The van der Waals surface area contributed by atoms with Crippen molar-refractivity contribution in [3.8, 4) is 5.75 Å². The molecule has 0 radical (unpaired) electrons. The SMILES string of the molecule is C=CCOc1ccc(/C(O)=C2/C(=O)C(=O)N(CCN(C)C)C2c2ccccc2)cc1. The number of carbonyl (C=O) groups is 2. The number of amides is 1. The van der Waals surface area contributed by atoms with E-state index in [-0.39, 0.29) is 11.3 Å². The van der Waals surface area contributed by atoms with E-state index in [9.17, 15) is 14.7 Å². The third kappa shape index (κ3) is 4.44. The summed E-state index contributed by atoms with van der Waals surface area (Å²) in [6.07, 6.45) is 1.64. The van der Waals surface area contributed by atoms with Crippen molar-refractivity contribution in [2.24, 2.45) is 0 Å². The van der Waals surface area contributed by atoms with E-state index >= 15 is 0 Å². The van der Waals surface area contributed by atoms with Crippen molar-refractivity contribution >= 4 is 17.4 Å². The largest absolute Gasteiger partial charge is 0.507 e. The number of likely N-dealkylation sites (tertiary alicyclic amines) is 1. The number of aliphatic hydroxyl groups excluding tert-OH is 1. The number of aliphatic hydroxyl groups is 1. The van der Waals surface area contributed by atoms with Gasteiger partial charge in [0, 0.05) is 18.7 Å². The molecule has 0 saturated carbocycles. The molecular weight excluding hydrogens is 380 g/mol. The lowest BCUT2D eigenvalue weighted by Gasteiger charge is -2.26. The van der Waals surface area contributed by atoms with Gasteiger partial charge in [-0.25, -0.2) is 0 Å². The summed E-state index contributed by atoms with van der Waals surface area (Å²) in [6, 6.07) is 15.4. The molecule has 1 unspecified atom stereocenters. The van der Waals surface area contributed by atoms with E-state index in [0.717, 1.165) is 5.56 Å². The van der Waals surface area contributed by atoms with Gasteiger partial charge >= 0.3 is 0 Å². The Hall–Kier alpha value is -3.38. The Morgan fingerprint density at radius 1 is 1.13 bits per heavy atom. The molecule has 1 atom stereocenters. The fourth-order valence-electron chi connectivity index (χ4n) is 3.42. The van der Waals surface area contributed by atoms with E-state index in [1.807, 2.05) is 49.3 Å². The first kappa shape index (κ1) is 21.3. The minimum atomic E-state index is -0.674. The molecule has 6 heteroatoms. The Bertz CT molecular complexity index is 949. The molecule has 1 aliphatic rings. The van der Waals surface area contributed by atoms with Crippen LogP contribution in [0.3, 0.4) is 0 Å². The Morgan fingerprint density at radius 2 is 1.80 bits per heavy atom. The molecule has 1 aliphatic heterocycles. The zero-order valence-corrected chi connectivity index (χ0v) is 17.2. The number of likely N-dealkylation sites (N-methyl/N-ethyl adjacent to an activating group) is 1. The van der Waals surface area contributed by atoms with Crippen molar-refractivity contribution in [3.63, 3.8) is 0 Å². The standard InChI is InChI=1S/C24H26N2O4/c1-4-16-30-19-12-10-18(11-13-19)22(27)20-21(17-8-6-5-7-9-17)26(15-14-25(2)3)24(29)23(20)28/h4-13,21,27H,1,14-16H2,2-3H3/b22-20-. The summed E-state index contributed by atoms with van der Waals surface area (Å²) in [5, 5.41) is 11.0. The van der Waals surface area contributed by atoms with Gasteiger partial charge in [-0.05, 0) is 43.9 Å². The van der Waals surface area contributed by atoms with Crippen LogP contribution in [0.15, 0.2) is 72.8 Å². The molecule has 6 nitrogen and oxygen atoms in total. The predicted molar refractivity (Wildman–Crippen MR) is 116 cm³/mol. The van der Waals surface area contributed by atoms with Crippen molar-refractivity contribution in [2.45, 2.75) is 6.04 Å². The first-order chi connectivity index (χ1) is 14.4. The molecule has 0 aromatic heterocycles. The maximum atomic E-state index is 12.9. The van der Waals surface area contributed by atoms with Crippen molar-refractivity contribution < 1.29 is 19.4 Å². The van der Waals surface area contributed by atoms with Gasteiger partial charge in [0.15, 0.2) is 0 Å². The smallest absolute Gasteiger partial charge is 0.295 e. The summed E-state index contributed by atoms with van der Waals surface area (Å²) in [4.78, 5) is 29.2. The second-order valence-corrected chi connectivity index (χ2v) is 7.33. The van der Waals surface area contributed by atoms with Crippen LogP contribution >= 0.6 is 0 Å². The minimum Gasteiger partial charge on any atom is -0.507 e. The molecule has 156 valence electrons. The molecule has 1 fully saturated rings. The molecular formula is C24H26N2O4. The van der Waals surface area contributed by atoms with E-state index in [1.54, 1.807) is 30.3 Å². The number of Topliss-reactive ketones (excluding diaryl/α,β-unsaturated/α-hetero) is 1. The highest BCUT2D eigenvalue weighted by Crippen LogP contribution is 2.39. The molecule has 3 rings (SSSR count). The van der Waals surface area contributed by atoms with Crippen LogP contribution in [-0.4, -0.2) is 60.4 Å². The lowest BCUT2D eigenvalue weighted by atomic mass is 9.95. The molecule has 0 spiro atoms. The second kappa shape index (κ2) is 9.41. The third-order valence-electron chi connectivity index (χ3n) is 4.94. The van der Waals surface area contributed by atoms with Gasteiger partial charge in [-0.2, -0.15) is 0 Å². The number of hydrogen-bond donors (Lipinski definition) is 1. The summed E-state index contributed by atoms with van der Waals surface area (Å²) in [6.45, 7) is 4.96. The zero-order valence-electron chi connectivity index (χ0n) is 17.2. The van der Waals surface area contributed by atoms with E-state index in [2.05, 4.69) is 6.58 Å². The highest BCUT2D eigenvalue weighted by Gasteiger charge is 2.45. The summed E-state index contributed by atoms with van der Waals surface area (Å²) in [7, 11) is 3.81. The first-order valence-corrected chi connectivity index (χ1v) is 9.76. The van der Waals surface area contributed by atoms with E-state index in [0.29, 0.717) is 31.0 Å².